The minimum atomic E-state index is -0.650. The minimum Gasteiger partial charge on any atom is -0.365 e. The molecule has 0 spiro atoms. The number of pyridine rings is 2. The Kier molecular flexibility index (Phi) is 5.68. The molecule has 1 aromatic carbocycles. The van der Waals surface area contributed by atoms with Gasteiger partial charge < -0.3 is 10.6 Å². The van der Waals surface area contributed by atoms with Crippen LogP contribution in [0.3, 0.4) is 0 Å². The lowest BCUT2D eigenvalue weighted by atomic mass is 9.87. The van der Waals surface area contributed by atoms with Gasteiger partial charge in [-0.2, -0.15) is 4.39 Å². The molecule has 0 saturated heterocycles. The van der Waals surface area contributed by atoms with E-state index in [0.29, 0.717) is 12.2 Å². The van der Waals surface area contributed by atoms with Crippen molar-refractivity contribution in [1.82, 2.24) is 9.97 Å². The van der Waals surface area contributed by atoms with E-state index in [1.807, 2.05) is 36.4 Å². The van der Waals surface area contributed by atoms with Crippen molar-refractivity contribution < 1.29 is 9.18 Å². The van der Waals surface area contributed by atoms with Crippen molar-refractivity contribution in [1.29, 1.82) is 0 Å². The first-order valence-electron chi connectivity index (χ1n) is 9.04. The average Bonchev–Trinajstić information content (AvgIpc) is 2.67. The van der Waals surface area contributed by atoms with Crippen LogP contribution in [0.4, 0.5) is 15.9 Å². The van der Waals surface area contributed by atoms with Crippen molar-refractivity contribution in [2.45, 2.75) is 32.7 Å². The molecule has 0 aliphatic carbocycles. The van der Waals surface area contributed by atoms with E-state index in [4.69, 9.17) is 0 Å². The van der Waals surface area contributed by atoms with Gasteiger partial charge in [0.25, 0.3) is 5.91 Å². The van der Waals surface area contributed by atoms with Crippen molar-refractivity contribution in [3.05, 3.63) is 83.6 Å². The van der Waals surface area contributed by atoms with E-state index < -0.39 is 5.95 Å². The van der Waals surface area contributed by atoms with Crippen LogP contribution in [0.25, 0.3) is 0 Å². The molecule has 1 amide bonds. The van der Waals surface area contributed by atoms with Crippen molar-refractivity contribution in [2.75, 3.05) is 10.6 Å². The van der Waals surface area contributed by atoms with Crippen LogP contribution in [0.2, 0.25) is 0 Å². The quantitative estimate of drug-likeness (QED) is 0.627. The standard InChI is InChI=1S/C22H23FN4O/c1-22(2,3)16-4-6-17(7-5-16)26-21(28)18-8-9-19(23)27-20(18)25-14-15-10-12-24-13-11-15/h4-13H,14H2,1-3H3,(H,25,27)(H,26,28). The molecule has 0 atom stereocenters. The molecule has 5 nitrogen and oxygen atoms in total. The maximum atomic E-state index is 13.6. The largest absolute Gasteiger partial charge is 0.365 e. The van der Waals surface area contributed by atoms with Crippen molar-refractivity contribution in [2.24, 2.45) is 0 Å². The molecule has 6 heteroatoms. The first-order chi connectivity index (χ1) is 13.3. The molecule has 0 bridgehead atoms. The van der Waals surface area contributed by atoms with E-state index in [-0.39, 0.29) is 22.7 Å². The van der Waals surface area contributed by atoms with Crippen LogP contribution in [0, 0.1) is 5.95 Å². The maximum Gasteiger partial charge on any atom is 0.259 e. The summed E-state index contributed by atoms with van der Waals surface area (Å²) in [5.74, 6) is -0.808. The molecule has 0 aliphatic rings. The topological polar surface area (TPSA) is 66.9 Å². The fourth-order valence-corrected chi connectivity index (χ4v) is 2.69. The Morgan fingerprint density at radius 2 is 1.68 bits per heavy atom. The number of halogens is 1. The SMILES string of the molecule is CC(C)(C)c1ccc(NC(=O)c2ccc(F)nc2NCc2ccncc2)cc1. The van der Waals surface area contributed by atoms with Gasteiger partial charge in [0.2, 0.25) is 5.95 Å². The van der Waals surface area contributed by atoms with Gasteiger partial charge in [0.15, 0.2) is 0 Å². The number of rotatable bonds is 5. The van der Waals surface area contributed by atoms with Crippen molar-refractivity contribution in [3.63, 3.8) is 0 Å². The zero-order valence-corrected chi connectivity index (χ0v) is 16.2. The first kappa shape index (κ1) is 19.5. The highest BCUT2D eigenvalue weighted by atomic mass is 19.1. The number of anilines is 2. The van der Waals surface area contributed by atoms with E-state index in [0.717, 1.165) is 5.56 Å². The number of hydrogen-bond donors (Lipinski definition) is 2. The van der Waals surface area contributed by atoms with Crippen molar-refractivity contribution in [3.8, 4) is 0 Å². The molecule has 0 fully saturated rings. The van der Waals surface area contributed by atoms with Gasteiger partial charge >= 0.3 is 0 Å². The third-order valence-corrected chi connectivity index (χ3v) is 4.32. The smallest absolute Gasteiger partial charge is 0.259 e. The van der Waals surface area contributed by atoms with Crippen LogP contribution in [0.15, 0.2) is 60.9 Å². The molecule has 2 heterocycles. The number of benzene rings is 1. The zero-order chi connectivity index (χ0) is 20.1. The van der Waals surface area contributed by atoms with Gasteiger partial charge in [-0.1, -0.05) is 32.9 Å². The second kappa shape index (κ2) is 8.17. The molecular formula is C22H23FN4O. The van der Waals surface area contributed by atoms with E-state index in [1.165, 1.54) is 17.7 Å². The Labute approximate surface area is 164 Å². The molecule has 144 valence electrons. The van der Waals surface area contributed by atoms with Crippen LogP contribution in [0.1, 0.15) is 42.3 Å². The molecule has 3 aromatic rings. The zero-order valence-electron chi connectivity index (χ0n) is 16.2. The number of amides is 1. The van der Waals surface area contributed by atoms with Crippen LogP contribution in [0.5, 0.6) is 0 Å². The summed E-state index contributed by atoms with van der Waals surface area (Å²) in [6.45, 7) is 6.79. The lowest BCUT2D eigenvalue weighted by Gasteiger charge is -2.19. The predicted molar refractivity (Wildman–Crippen MR) is 109 cm³/mol. The highest BCUT2D eigenvalue weighted by Gasteiger charge is 2.16. The molecule has 3 rings (SSSR count). The summed E-state index contributed by atoms with van der Waals surface area (Å²) < 4.78 is 13.6. The van der Waals surface area contributed by atoms with Crippen LogP contribution >= 0.6 is 0 Å². The third kappa shape index (κ3) is 4.91. The number of carbonyl (C=O) groups is 1. The average molecular weight is 378 g/mol. The van der Waals surface area contributed by atoms with Gasteiger partial charge in [0.1, 0.15) is 5.82 Å². The number of nitrogens with one attached hydrogen (secondary N) is 2. The monoisotopic (exact) mass is 378 g/mol. The lowest BCUT2D eigenvalue weighted by Crippen LogP contribution is -2.17. The van der Waals surface area contributed by atoms with Crippen molar-refractivity contribution >= 4 is 17.4 Å². The van der Waals surface area contributed by atoms with Gasteiger partial charge in [-0.05, 0) is 52.9 Å². The highest BCUT2D eigenvalue weighted by Crippen LogP contribution is 2.24. The Hall–Kier alpha value is -3.28. The van der Waals surface area contributed by atoms with E-state index in [1.54, 1.807) is 12.4 Å². The Morgan fingerprint density at radius 3 is 2.32 bits per heavy atom. The molecular weight excluding hydrogens is 355 g/mol. The molecule has 0 unspecified atom stereocenters. The lowest BCUT2D eigenvalue weighted by molar-refractivity contribution is 0.102. The molecule has 0 aliphatic heterocycles. The Bertz CT molecular complexity index is 951. The number of aromatic nitrogens is 2. The van der Waals surface area contributed by atoms with Gasteiger partial charge in [-0.3, -0.25) is 9.78 Å². The second-order valence-electron chi connectivity index (χ2n) is 7.52. The van der Waals surface area contributed by atoms with E-state index in [2.05, 4.69) is 41.4 Å². The Morgan fingerprint density at radius 1 is 1.00 bits per heavy atom. The van der Waals surface area contributed by atoms with Gasteiger partial charge in [-0.15, -0.1) is 0 Å². The minimum absolute atomic E-state index is 0.0352. The van der Waals surface area contributed by atoms with Crippen LogP contribution in [-0.2, 0) is 12.0 Å². The fraction of sp³-hybridized carbons (Fsp3) is 0.227. The predicted octanol–water partition coefficient (Wildman–Crippen LogP) is 4.78. The summed E-state index contributed by atoms with van der Waals surface area (Å²) in [6.07, 6.45) is 3.34. The van der Waals surface area contributed by atoms with E-state index in [9.17, 15) is 9.18 Å². The number of carbonyl (C=O) groups excluding carboxylic acids is 1. The summed E-state index contributed by atoms with van der Waals surface area (Å²) in [5, 5.41) is 5.87. The first-order valence-corrected chi connectivity index (χ1v) is 9.04. The molecule has 0 radical (unpaired) electrons. The normalized spacial score (nSPS) is 11.1. The molecule has 2 aromatic heterocycles. The summed E-state index contributed by atoms with van der Waals surface area (Å²) in [4.78, 5) is 20.5. The second-order valence-corrected chi connectivity index (χ2v) is 7.52. The molecule has 0 saturated carbocycles. The van der Waals surface area contributed by atoms with E-state index >= 15 is 0 Å². The summed E-state index contributed by atoms with van der Waals surface area (Å²) >= 11 is 0. The van der Waals surface area contributed by atoms with Gasteiger partial charge in [0, 0.05) is 24.6 Å². The fourth-order valence-electron chi connectivity index (χ4n) is 2.69. The number of nitrogens with zero attached hydrogens (tertiary/aromatic N) is 2. The summed E-state index contributed by atoms with van der Waals surface area (Å²) in [7, 11) is 0. The number of hydrogen-bond acceptors (Lipinski definition) is 4. The van der Waals surface area contributed by atoms with Crippen LogP contribution in [-0.4, -0.2) is 15.9 Å². The summed E-state index contributed by atoms with van der Waals surface area (Å²) in [5.41, 5.74) is 3.10. The molecule has 2 N–H and O–H groups in total. The highest BCUT2D eigenvalue weighted by molar-refractivity contribution is 6.07. The Balaban J connectivity index is 1.76. The third-order valence-electron chi connectivity index (χ3n) is 4.32. The summed E-state index contributed by atoms with van der Waals surface area (Å²) in [6, 6.07) is 14.0. The van der Waals surface area contributed by atoms with Gasteiger partial charge in [0.05, 0.1) is 5.56 Å². The van der Waals surface area contributed by atoms with Crippen LogP contribution < -0.4 is 10.6 Å². The van der Waals surface area contributed by atoms with Gasteiger partial charge in [-0.25, -0.2) is 4.98 Å². The molecule has 28 heavy (non-hydrogen) atoms. The maximum absolute atomic E-state index is 13.6.